The number of hydrogen-bond acceptors (Lipinski definition) is 5. The van der Waals surface area contributed by atoms with Crippen LogP contribution in [-0.2, 0) is 10.5 Å². The summed E-state index contributed by atoms with van der Waals surface area (Å²) in [7, 11) is 0. The molecule has 0 saturated carbocycles. The lowest BCUT2D eigenvalue weighted by Gasteiger charge is -2.44. The largest absolute Gasteiger partial charge is 0.384 e. The average molecular weight is 631 g/mol. The predicted molar refractivity (Wildman–Crippen MR) is 168 cm³/mol. The van der Waals surface area contributed by atoms with E-state index in [1.54, 1.807) is 28.8 Å². The van der Waals surface area contributed by atoms with Crippen molar-refractivity contribution in [3.63, 3.8) is 0 Å². The maximum atomic E-state index is 15.4. The first kappa shape index (κ1) is 29.2. The molecule has 0 saturated heterocycles. The Morgan fingerprint density at radius 2 is 1.78 bits per heavy atom. The summed E-state index contributed by atoms with van der Waals surface area (Å²) in [6.07, 6.45) is 0.874. The molecule has 0 aromatic heterocycles. The third kappa shape index (κ3) is 5.60. The molecule has 1 aliphatic carbocycles. The molecule has 41 heavy (non-hydrogen) atoms. The Kier molecular flexibility index (Phi) is 7.93. The number of nitriles is 1. The summed E-state index contributed by atoms with van der Waals surface area (Å²) in [5, 5.41) is 10.5. The monoisotopic (exact) mass is 629 g/mol. The molecule has 0 fully saturated rings. The van der Waals surface area contributed by atoms with Crippen molar-refractivity contribution in [3.8, 4) is 6.07 Å². The Bertz CT molecular complexity index is 1670. The van der Waals surface area contributed by atoms with E-state index in [0.29, 0.717) is 28.6 Å². The smallest absolute Gasteiger partial charge is 0.162 e. The second kappa shape index (κ2) is 11.2. The minimum atomic E-state index is -0.614. The minimum Gasteiger partial charge on any atom is -0.384 e. The topological polar surface area (TPSA) is 70.1 Å². The molecule has 210 valence electrons. The molecular weight excluding hydrogens is 597 g/mol. The number of carbonyl (C=O) groups excluding carboxylic acids is 1. The fourth-order valence-electron chi connectivity index (χ4n) is 5.94. The van der Waals surface area contributed by atoms with Gasteiger partial charge in [0, 0.05) is 32.8 Å². The van der Waals surface area contributed by atoms with Crippen molar-refractivity contribution in [1.82, 2.24) is 0 Å². The van der Waals surface area contributed by atoms with Crippen molar-refractivity contribution in [1.29, 1.82) is 5.26 Å². The van der Waals surface area contributed by atoms with Crippen LogP contribution in [0.2, 0.25) is 0 Å². The molecule has 3 aromatic carbocycles. The van der Waals surface area contributed by atoms with Gasteiger partial charge < -0.3 is 5.73 Å². The SMILES string of the molecule is Cc1ccc(SCc2cc(C3C(C#N)=C(N)N(c4ccc(Br)cc4F)C4=C3C(=O)CC(C)(C)C4)c(C)cc2C)cc1. The van der Waals surface area contributed by atoms with Crippen LogP contribution < -0.4 is 10.6 Å². The van der Waals surface area contributed by atoms with Gasteiger partial charge in [-0.3, -0.25) is 9.69 Å². The molecule has 0 radical (unpaired) electrons. The Morgan fingerprint density at radius 1 is 1.07 bits per heavy atom. The summed E-state index contributed by atoms with van der Waals surface area (Å²) in [6, 6.07) is 19.8. The second-order valence-corrected chi connectivity index (χ2v) is 13.8. The maximum Gasteiger partial charge on any atom is 0.162 e. The standard InChI is InChI=1S/C34H33BrFN3OS/c1-19-6-9-24(10-7-19)41-18-22-13-25(21(3)12-20(22)2)31-26(17-37)33(38)39(28-11-8-23(35)14-27(28)36)29-15-34(4,5)16-30(40)32(29)31/h6-14,31H,15-16,18,38H2,1-5H3. The van der Waals surface area contributed by atoms with Crippen molar-refractivity contribution in [2.24, 2.45) is 11.1 Å². The molecule has 1 aliphatic heterocycles. The van der Waals surface area contributed by atoms with Crippen LogP contribution in [0.5, 0.6) is 0 Å². The maximum absolute atomic E-state index is 15.4. The lowest BCUT2D eigenvalue weighted by Crippen LogP contribution is -2.42. The molecule has 1 unspecified atom stereocenters. The van der Waals surface area contributed by atoms with Crippen LogP contribution >= 0.6 is 27.7 Å². The van der Waals surface area contributed by atoms with Crippen molar-refractivity contribution < 1.29 is 9.18 Å². The average Bonchev–Trinajstić information content (AvgIpc) is 2.89. The number of anilines is 1. The lowest BCUT2D eigenvalue weighted by molar-refractivity contribution is -0.118. The van der Waals surface area contributed by atoms with Gasteiger partial charge in [-0.2, -0.15) is 5.26 Å². The zero-order chi connectivity index (χ0) is 29.6. The van der Waals surface area contributed by atoms with E-state index < -0.39 is 11.7 Å². The summed E-state index contributed by atoms with van der Waals surface area (Å²) >= 11 is 5.08. The number of nitrogens with two attached hydrogens (primary N) is 1. The first-order chi connectivity index (χ1) is 19.4. The van der Waals surface area contributed by atoms with E-state index in [9.17, 15) is 10.1 Å². The van der Waals surface area contributed by atoms with Gasteiger partial charge in [0.2, 0.25) is 0 Å². The highest BCUT2D eigenvalue weighted by Gasteiger charge is 2.45. The summed E-state index contributed by atoms with van der Waals surface area (Å²) in [5.41, 5.74) is 13.5. The van der Waals surface area contributed by atoms with Gasteiger partial charge in [0.25, 0.3) is 0 Å². The number of thioether (sulfide) groups is 1. The number of nitrogens with zero attached hydrogens (tertiary/aromatic N) is 2. The Hall–Kier alpha value is -3.34. The highest BCUT2D eigenvalue weighted by molar-refractivity contribution is 9.10. The van der Waals surface area contributed by atoms with Crippen LogP contribution in [0.1, 0.15) is 60.4 Å². The van der Waals surface area contributed by atoms with Crippen molar-refractivity contribution in [2.75, 3.05) is 4.90 Å². The number of carbonyl (C=O) groups is 1. The summed E-state index contributed by atoms with van der Waals surface area (Å²) in [6.45, 7) is 10.3. The highest BCUT2D eigenvalue weighted by atomic mass is 79.9. The van der Waals surface area contributed by atoms with E-state index in [4.69, 9.17) is 5.73 Å². The van der Waals surface area contributed by atoms with Crippen molar-refractivity contribution in [2.45, 2.75) is 64.0 Å². The van der Waals surface area contributed by atoms with E-state index in [1.807, 2.05) is 20.8 Å². The van der Waals surface area contributed by atoms with Crippen LogP contribution in [-0.4, -0.2) is 5.78 Å². The third-order valence-electron chi connectivity index (χ3n) is 7.98. The summed E-state index contributed by atoms with van der Waals surface area (Å²) < 4.78 is 16.0. The molecule has 2 aliphatic rings. The zero-order valence-electron chi connectivity index (χ0n) is 23.9. The van der Waals surface area contributed by atoms with E-state index >= 15 is 4.39 Å². The van der Waals surface area contributed by atoms with Crippen LogP contribution in [0.15, 0.2) is 86.6 Å². The van der Waals surface area contributed by atoms with E-state index in [0.717, 1.165) is 28.0 Å². The number of halogens is 2. The van der Waals surface area contributed by atoms with Gasteiger partial charge in [-0.25, -0.2) is 4.39 Å². The molecule has 0 amide bonds. The Morgan fingerprint density at radius 3 is 2.44 bits per heavy atom. The van der Waals surface area contributed by atoms with Crippen molar-refractivity contribution in [3.05, 3.63) is 115 Å². The highest BCUT2D eigenvalue weighted by Crippen LogP contribution is 2.51. The number of ketones is 1. The van der Waals surface area contributed by atoms with Gasteiger partial charge in [0.05, 0.1) is 23.2 Å². The molecule has 1 heterocycles. The normalized spacial score (nSPS) is 18.4. The van der Waals surface area contributed by atoms with Crippen LogP contribution in [0.25, 0.3) is 0 Å². The van der Waals surface area contributed by atoms with Gasteiger partial charge in [0.15, 0.2) is 5.78 Å². The van der Waals surface area contributed by atoms with E-state index in [1.165, 1.54) is 16.5 Å². The summed E-state index contributed by atoms with van der Waals surface area (Å²) in [4.78, 5) is 16.7. The van der Waals surface area contributed by atoms with Gasteiger partial charge in [-0.05, 0) is 85.2 Å². The molecule has 3 aromatic rings. The molecule has 2 N–H and O–H groups in total. The number of hydrogen-bond donors (Lipinski definition) is 1. The Balaban J connectivity index is 1.67. The van der Waals surface area contributed by atoms with Gasteiger partial charge in [0.1, 0.15) is 11.6 Å². The molecule has 7 heteroatoms. The van der Waals surface area contributed by atoms with Gasteiger partial charge in [-0.1, -0.05) is 59.6 Å². The van der Waals surface area contributed by atoms with Gasteiger partial charge in [-0.15, -0.1) is 11.8 Å². The molecule has 0 bridgehead atoms. The fourth-order valence-corrected chi connectivity index (χ4v) is 7.23. The number of benzene rings is 3. The predicted octanol–water partition coefficient (Wildman–Crippen LogP) is 8.75. The fraction of sp³-hybridized carbons (Fsp3) is 0.294. The molecule has 5 rings (SSSR count). The van der Waals surface area contributed by atoms with Crippen LogP contribution in [0, 0.1) is 43.3 Å². The number of allylic oxidation sites excluding steroid dienone is 3. The quantitative estimate of drug-likeness (QED) is 0.286. The molecule has 0 spiro atoms. The van der Waals surface area contributed by atoms with Gasteiger partial charge >= 0.3 is 0 Å². The Labute approximate surface area is 254 Å². The molecular formula is C34H33BrFN3OS. The second-order valence-electron chi connectivity index (χ2n) is 11.8. The number of aryl methyl sites for hydroxylation is 3. The van der Waals surface area contributed by atoms with Crippen LogP contribution in [0.4, 0.5) is 10.1 Å². The number of rotatable bonds is 5. The first-order valence-corrected chi connectivity index (χ1v) is 15.4. The summed E-state index contributed by atoms with van der Waals surface area (Å²) in [5.74, 6) is -0.211. The lowest BCUT2D eigenvalue weighted by atomic mass is 9.68. The van der Waals surface area contributed by atoms with E-state index in [-0.39, 0.29) is 28.3 Å². The third-order valence-corrected chi connectivity index (χ3v) is 9.54. The van der Waals surface area contributed by atoms with Crippen LogP contribution in [0.3, 0.4) is 0 Å². The minimum absolute atomic E-state index is 0.0282. The molecule has 1 atom stereocenters. The zero-order valence-corrected chi connectivity index (χ0v) is 26.3. The molecule has 4 nitrogen and oxygen atoms in total. The number of Topliss-reactive ketones (excluding diaryl/α,β-unsaturated/α-hetero) is 1. The first-order valence-electron chi connectivity index (χ1n) is 13.6. The van der Waals surface area contributed by atoms with E-state index in [2.05, 4.69) is 72.2 Å². The van der Waals surface area contributed by atoms with Crippen molar-refractivity contribution >= 4 is 39.2 Å².